The fourth-order valence-corrected chi connectivity index (χ4v) is 3.69. The number of fused-ring (bicyclic) bond motifs is 1. The highest BCUT2D eigenvalue weighted by molar-refractivity contribution is 7.89. The van der Waals surface area contributed by atoms with E-state index in [1.54, 1.807) is 6.07 Å². The van der Waals surface area contributed by atoms with Gasteiger partial charge in [-0.2, -0.15) is 0 Å². The molecule has 126 valence electrons. The predicted octanol–water partition coefficient (Wildman–Crippen LogP) is 3.62. The topological polar surface area (TPSA) is 99.8 Å². The lowest BCUT2D eigenvalue weighted by Crippen LogP contribution is -2.14. The van der Waals surface area contributed by atoms with Crippen molar-refractivity contribution in [2.45, 2.75) is 11.8 Å². The smallest absolute Gasteiger partial charge is 0.239 e. The van der Waals surface area contributed by atoms with Gasteiger partial charge in [0.2, 0.25) is 10.0 Å². The van der Waals surface area contributed by atoms with Crippen LogP contribution in [0.1, 0.15) is 16.8 Å². The Bertz CT molecular complexity index is 1040. The highest BCUT2D eigenvalue weighted by atomic mass is 35.5. The van der Waals surface area contributed by atoms with Crippen LogP contribution in [-0.4, -0.2) is 19.1 Å². The summed E-state index contributed by atoms with van der Waals surface area (Å²) in [5, 5.41) is 14.6. The maximum Gasteiger partial charge on any atom is 0.239 e. The van der Waals surface area contributed by atoms with Crippen LogP contribution in [0.3, 0.4) is 0 Å². The first kappa shape index (κ1) is 18.5. The van der Waals surface area contributed by atoms with Gasteiger partial charge in [-0.1, -0.05) is 35.9 Å². The highest BCUT2D eigenvalue weighted by Gasteiger charge is 2.18. The molecule has 2 aromatic carbocycles. The summed E-state index contributed by atoms with van der Waals surface area (Å²) in [6.45, 7) is 1.88. The van der Waals surface area contributed by atoms with E-state index in [1.807, 2.05) is 31.2 Å². The van der Waals surface area contributed by atoms with Crippen LogP contribution in [0, 0.1) is 12.3 Å². The van der Waals surface area contributed by atoms with Crippen LogP contribution >= 0.6 is 24.0 Å². The van der Waals surface area contributed by atoms with Gasteiger partial charge in [-0.15, -0.1) is 12.4 Å². The molecule has 0 radical (unpaired) electrons. The van der Waals surface area contributed by atoms with E-state index in [0.717, 1.165) is 22.2 Å². The average Bonchev–Trinajstić information content (AvgIpc) is 2.81. The second-order valence-corrected chi connectivity index (χ2v) is 7.17. The summed E-state index contributed by atoms with van der Waals surface area (Å²) in [7, 11) is -3.95. The van der Waals surface area contributed by atoms with Crippen molar-refractivity contribution < 1.29 is 8.42 Å². The number of rotatable bonds is 3. The van der Waals surface area contributed by atoms with Crippen molar-refractivity contribution in [1.82, 2.24) is 4.98 Å². The van der Waals surface area contributed by atoms with E-state index in [4.69, 9.17) is 22.1 Å². The first-order valence-corrected chi connectivity index (χ1v) is 8.70. The molecule has 4 N–H and O–H groups in total. The minimum absolute atomic E-state index is 0. The molecule has 8 heteroatoms. The van der Waals surface area contributed by atoms with Crippen LogP contribution < -0.4 is 5.14 Å². The maximum atomic E-state index is 11.6. The molecule has 0 atom stereocenters. The van der Waals surface area contributed by atoms with E-state index >= 15 is 0 Å². The number of aryl methyl sites for hydroxylation is 1. The Morgan fingerprint density at radius 1 is 1.21 bits per heavy atom. The van der Waals surface area contributed by atoms with Gasteiger partial charge in [0.25, 0.3) is 0 Å². The number of aromatic nitrogens is 1. The number of halogens is 2. The van der Waals surface area contributed by atoms with Crippen LogP contribution in [0.2, 0.25) is 5.02 Å². The van der Waals surface area contributed by atoms with Gasteiger partial charge >= 0.3 is 0 Å². The van der Waals surface area contributed by atoms with Crippen molar-refractivity contribution in [1.29, 1.82) is 5.41 Å². The summed E-state index contributed by atoms with van der Waals surface area (Å²) in [4.78, 5) is 3.04. The molecule has 0 saturated carbocycles. The van der Waals surface area contributed by atoms with Gasteiger partial charge in [-0.3, -0.25) is 5.41 Å². The predicted molar refractivity (Wildman–Crippen MR) is 99.0 cm³/mol. The summed E-state index contributed by atoms with van der Waals surface area (Å²) < 4.78 is 23.2. The highest BCUT2D eigenvalue weighted by Crippen LogP contribution is 2.27. The Labute approximate surface area is 150 Å². The Hall–Kier alpha value is -1.86. The molecule has 0 fully saturated rings. The molecule has 0 bridgehead atoms. The molecule has 0 spiro atoms. The van der Waals surface area contributed by atoms with Gasteiger partial charge < -0.3 is 4.98 Å². The quantitative estimate of drug-likeness (QED) is 0.601. The second-order valence-electron chi connectivity index (χ2n) is 5.24. The summed E-state index contributed by atoms with van der Waals surface area (Å²) in [6.07, 6.45) is 0. The normalized spacial score (nSPS) is 11.3. The van der Waals surface area contributed by atoms with Gasteiger partial charge in [-0.25, -0.2) is 13.6 Å². The minimum Gasteiger partial charge on any atom is -0.358 e. The number of para-hydroxylation sites is 1. The lowest BCUT2D eigenvalue weighted by molar-refractivity contribution is 0.598. The Balaban J connectivity index is 0.00000208. The number of nitrogens with two attached hydrogens (primary N) is 1. The van der Waals surface area contributed by atoms with Crippen molar-refractivity contribution in [3.8, 4) is 0 Å². The van der Waals surface area contributed by atoms with E-state index in [1.165, 1.54) is 12.1 Å². The Kier molecular flexibility index (Phi) is 5.05. The van der Waals surface area contributed by atoms with Crippen molar-refractivity contribution in [3.63, 3.8) is 0 Å². The summed E-state index contributed by atoms with van der Waals surface area (Å²) >= 11 is 5.90. The third kappa shape index (κ3) is 3.18. The zero-order chi connectivity index (χ0) is 16.8. The number of H-pyrrole nitrogens is 1. The molecule has 5 nitrogen and oxygen atoms in total. The summed E-state index contributed by atoms with van der Waals surface area (Å²) in [5.74, 6) is 0. The lowest BCUT2D eigenvalue weighted by atomic mass is 10.00. The summed E-state index contributed by atoms with van der Waals surface area (Å²) in [6, 6.07) is 12.0. The Morgan fingerprint density at radius 2 is 1.88 bits per heavy atom. The van der Waals surface area contributed by atoms with Crippen molar-refractivity contribution in [3.05, 3.63) is 64.3 Å². The number of sulfonamides is 1. The molecular formula is C16H15Cl2N3O2S. The van der Waals surface area contributed by atoms with E-state index in [9.17, 15) is 8.42 Å². The van der Waals surface area contributed by atoms with Gasteiger partial charge in [-0.05, 0) is 25.1 Å². The number of primary sulfonamides is 1. The molecular weight excluding hydrogens is 369 g/mol. The lowest BCUT2D eigenvalue weighted by Gasteiger charge is -2.08. The van der Waals surface area contributed by atoms with E-state index in [2.05, 4.69) is 4.98 Å². The van der Waals surface area contributed by atoms with Crippen molar-refractivity contribution >= 4 is 50.6 Å². The van der Waals surface area contributed by atoms with Crippen LogP contribution in [0.5, 0.6) is 0 Å². The first-order valence-electron chi connectivity index (χ1n) is 6.78. The number of benzene rings is 2. The third-order valence-corrected chi connectivity index (χ3v) is 5.06. The third-order valence-electron chi connectivity index (χ3n) is 3.67. The number of hydrogen-bond acceptors (Lipinski definition) is 3. The number of nitrogens with one attached hydrogen (secondary N) is 2. The monoisotopic (exact) mass is 383 g/mol. The van der Waals surface area contributed by atoms with E-state index in [-0.39, 0.29) is 28.0 Å². The zero-order valence-electron chi connectivity index (χ0n) is 12.6. The molecule has 3 aromatic rings. The number of hydrogen-bond donors (Lipinski definition) is 3. The molecule has 0 aliphatic carbocycles. The molecule has 0 amide bonds. The largest absolute Gasteiger partial charge is 0.358 e. The van der Waals surface area contributed by atoms with Crippen molar-refractivity contribution in [2.24, 2.45) is 5.14 Å². The second kappa shape index (κ2) is 6.57. The fraction of sp³-hybridized carbons (Fsp3) is 0.0625. The zero-order valence-corrected chi connectivity index (χ0v) is 15.0. The van der Waals surface area contributed by atoms with Gasteiger partial charge in [0.15, 0.2) is 0 Å². The molecule has 1 aromatic heterocycles. The molecule has 0 aliphatic rings. The molecule has 0 unspecified atom stereocenters. The standard InChI is InChI=1S/C16H14ClN3O2S.ClH/c1-9-15(11-4-2-3-5-13(11)20-9)16(18)10-6-7-12(17)14(8-10)23(19,21)22;/h2-8,18,20H,1H3,(H2,19,21,22);1H. The number of aromatic amines is 1. The fourth-order valence-electron chi connectivity index (χ4n) is 2.62. The van der Waals surface area contributed by atoms with Gasteiger partial charge in [0.05, 0.1) is 10.7 Å². The van der Waals surface area contributed by atoms with E-state index in [0.29, 0.717) is 5.56 Å². The van der Waals surface area contributed by atoms with Crippen molar-refractivity contribution in [2.75, 3.05) is 0 Å². The van der Waals surface area contributed by atoms with E-state index < -0.39 is 10.0 Å². The first-order chi connectivity index (χ1) is 10.8. The Morgan fingerprint density at radius 3 is 2.54 bits per heavy atom. The van der Waals surface area contributed by atoms with Crippen LogP contribution in [0.15, 0.2) is 47.4 Å². The average molecular weight is 384 g/mol. The molecule has 3 rings (SSSR count). The van der Waals surface area contributed by atoms with Crippen LogP contribution in [-0.2, 0) is 10.0 Å². The van der Waals surface area contributed by atoms with Crippen LogP contribution in [0.4, 0.5) is 0 Å². The maximum absolute atomic E-state index is 11.6. The SMILES string of the molecule is Cc1[nH]c2ccccc2c1C(=N)c1ccc(Cl)c(S(N)(=O)=O)c1.Cl. The van der Waals surface area contributed by atoms with Gasteiger partial charge in [0, 0.05) is 27.7 Å². The molecule has 24 heavy (non-hydrogen) atoms. The van der Waals surface area contributed by atoms with Crippen LogP contribution in [0.25, 0.3) is 10.9 Å². The molecule has 0 aliphatic heterocycles. The van der Waals surface area contributed by atoms with Gasteiger partial charge in [0.1, 0.15) is 4.90 Å². The molecule has 0 saturated heterocycles. The summed E-state index contributed by atoms with van der Waals surface area (Å²) in [5.41, 5.74) is 3.13. The minimum atomic E-state index is -3.95. The molecule has 1 heterocycles.